The van der Waals surface area contributed by atoms with Crippen LogP contribution < -0.4 is 15.8 Å². The number of aliphatic carboxylic acids is 1. The van der Waals surface area contributed by atoms with Crippen LogP contribution >= 0.6 is 27.0 Å². The minimum atomic E-state index is -1.15. The number of pyridine rings is 1. The summed E-state index contributed by atoms with van der Waals surface area (Å²) in [6, 6.07) is 19.4. The first-order valence-corrected chi connectivity index (χ1v) is 13.3. The van der Waals surface area contributed by atoms with Crippen molar-refractivity contribution in [2.75, 3.05) is 6.61 Å². The molecule has 10 nitrogen and oxygen atoms in total. The first kappa shape index (κ1) is 34.5. The molecule has 0 unspecified atom stereocenters. The molecule has 1 amide bonds. The molecule has 0 bridgehead atoms. The Morgan fingerprint density at radius 2 is 1.74 bits per heavy atom. The molecule has 2 heterocycles. The van der Waals surface area contributed by atoms with E-state index in [0.717, 1.165) is 11.1 Å². The Morgan fingerprint density at radius 1 is 1.07 bits per heavy atom. The fourth-order valence-electron chi connectivity index (χ4n) is 4.54. The SMILES string of the molecule is CC(C)[C@H](CCC(=O)N[C@@H](COCc1ccccc1)C(=O)O)N1Cc2cc(Oc3ccccc3)ncc2N=C1N.S.S. The van der Waals surface area contributed by atoms with Crippen LogP contribution in [0.15, 0.2) is 77.9 Å². The molecule has 2 aromatic carbocycles. The van der Waals surface area contributed by atoms with Gasteiger partial charge in [-0.25, -0.2) is 14.8 Å². The van der Waals surface area contributed by atoms with Crippen molar-refractivity contribution in [1.29, 1.82) is 0 Å². The van der Waals surface area contributed by atoms with Crippen LogP contribution in [0.25, 0.3) is 0 Å². The van der Waals surface area contributed by atoms with E-state index in [9.17, 15) is 14.7 Å². The van der Waals surface area contributed by atoms with Gasteiger partial charge in [0.25, 0.3) is 0 Å². The van der Waals surface area contributed by atoms with Crippen LogP contribution in [-0.4, -0.2) is 51.5 Å². The number of para-hydroxylation sites is 1. The van der Waals surface area contributed by atoms with Gasteiger partial charge >= 0.3 is 5.97 Å². The predicted octanol–water partition coefficient (Wildman–Crippen LogP) is 4.45. The highest BCUT2D eigenvalue weighted by Crippen LogP contribution is 2.32. The van der Waals surface area contributed by atoms with Gasteiger partial charge in [-0.2, -0.15) is 27.0 Å². The summed E-state index contributed by atoms with van der Waals surface area (Å²) < 4.78 is 11.4. The summed E-state index contributed by atoms with van der Waals surface area (Å²) in [5, 5.41) is 12.2. The molecule has 2 atom stereocenters. The second kappa shape index (κ2) is 16.6. The van der Waals surface area contributed by atoms with Gasteiger partial charge in [-0.15, -0.1) is 0 Å². The number of carbonyl (C=O) groups is 2. The van der Waals surface area contributed by atoms with Crippen molar-refractivity contribution in [1.82, 2.24) is 15.2 Å². The highest BCUT2D eigenvalue weighted by molar-refractivity contribution is 7.59. The predicted molar refractivity (Wildman–Crippen MR) is 172 cm³/mol. The second-order valence-electron chi connectivity index (χ2n) is 9.97. The zero-order chi connectivity index (χ0) is 28.5. The Hall–Kier alpha value is -3.74. The number of benzene rings is 2. The number of amides is 1. The molecule has 1 aromatic heterocycles. The average molecular weight is 614 g/mol. The number of carboxylic acids is 1. The minimum Gasteiger partial charge on any atom is -0.480 e. The zero-order valence-electron chi connectivity index (χ0n) is 23.7. The maximum Gasteiger partial charge on any atom is 0.328 e. The third-order valence-corrected chi connectivity index (χ3v) is 6.64. The minimum absolute atomic E-state index is 0. The topological polar surface area (TPSA) is 139 Å². The Morgan fingerprint density at radius 3 is 2.38 bits per heavy atom. The summed E-state index contributed by atoms with van der Waals surface area (Å²) in [5.41, 5.74) is 8.86. The van der Waals surface area contributed by atoms with E-state index in [2.05, 4.69) is 29.1 Å². The number of rotatable bonds is 13. The van der Waals surface area contributed by atoms with Gasteiger partial charge in [0.15, 0.2) is 12.0 Å². The molecular weight excluding hydrogens is 574 g/mol. The molecule has 0 saturated heterocycles. The Balaban J connectivity index is 0.00000308. The summed E-state index contributed by atoms with van der Waals surface area (Å²) in [5.74, 6) is 0.124. The lowest BCUT2D eigenvalue weighted by atomic mass is 9.96. The lowest BCUT2D eigenvalue weighted by Gasteiger charge is -2.37. The van der Waals surface area contributed by atoms with Gasteiger partial charge in [-0.05, 0) is 30.0 Å². The van der Waals surface area contributed by atoms with Crippen molar-refractivity contribution in [3.63, 3.8) is 0 Å². The van der Waals surface area contributed by atoms with E-state index in [-0.39, 0.29) is 64.5 Å². The summed E-state index contributed by atoms with van der Waals surface area (Å²) in [6.07, 6.45) is 2.23. The number of aromatic nitrogens is 1. The number of aliphatic imine (C=N–C) groups is 1. The fraction of sp³-hybridized carbons (Fsp3) is 0.333. The molecule has 0 saturated carbocycles. The van der Waals surface area contributed by atoms with Gasteiger partial charge in [-0.3, -0.25) is 4.79 Å². The Kier molecular flexibility index (Phi) is 13.7. The van der Waals surface area contributed by atoms with Crippen molar-refractivity contribution in [2.24, 2.45) is 16.6 Å². The first-order valence-electron chi connectivity index (χ1n) is 13.3. The molecule has 4 rings (SSSR count). The molecule has 4 N–H and O–H groups in total. The number of guanidine groups is 1. The van der Waals surface area contributed by atoms with Gasteiger partial charge in [0.2, 0.25) is 11.8 Å². The van der Waals surface area contributed by atoms with Crippen molar-refractivity contribution < 1.29 is 24.2 Å². The number of nitrogens with one attached hydrogen (secondary N) is 1. The molecule has 0 spiro atoms. The third-order valence-electron chi connectivity index (χ3n) is 6.64. The monoisotopic (exact) mass is 613 g/mol. The smallest absolute Gasteiger partial charge is 0.328 e. The third kappa shape index (κ3) is 9.68. The van der Waals surface area contributed by atoms with E-state index in [0.29, 0.717) is 36.2 Å². The van der Waals surface area contributed by atoms with E-state index in [4.69, 9.17) is 15.2 Å². The molecule has 1 aliphatic rings. The van der Waals surface area contributed by atoms with Crippen LogP contribution in [0.4, 0.5) is 5.69 Å². The normalized spacial score (nSPS) is 13.5. The second-order valence-corrected chi connectivity index (χ2v) is 9.97. The van der Waals surface area contributed by atoms with Crippen LogP contribution in [0.1, 0.15) is 37.8 Å². The number of carboxylic acid groups (broad SMARTS) is 1. The molecule has 0 radical (unpaired) electrons. The molecule has 0 aliphatic carbocycles. The summed E-state index contributed by atoms with van der Waals surface area (Å²) in [6.45, 7) is 4.72. The van der Waals surface area contributed by atoms with Crippen molar-refractivity contribution in [3.05, 3.63) is 84.1 Å². The van der Waals surface area contributed by atoms with Gasteiger partial charge in [-0.1, -0.05) is 62.4 Å². The van der Waals surface area contributed by atoms with Gasteiger partial charge in [0.1, 0.15) is 5.75 Å². The largest absolute Gasteiger partial charge is 0.480 e. The molecule has 0 fully saturated rings. The highest BCUT2D eigenvalue weighted by Gasteiger charge is 2.29. The van der Waals surface area contributed by atoms with Crippen LogP contribution in [0.3, 0.4) is 0 Å². The summed E-state index contributed by atoms with van der Waals surface area (Å²) in [7, 11) is 0. The van der Waals surface area contributed by atoms with Crippen LogP contribution in [0.5, 0.6) is 11.6 Å². The fourth-order valence-corrected chi connectivity index (χ4v) is 4.54. The Bertz CT molecular complexity index is 1330. The maximum absolute atomic E-state index is 12.8. The van der Waals surface area contributed by atoms with Gasteiger partial charge < -0.3 is 30.5 Å². The Labute approximate surface area is 260 Å². The molecular formula is C30H39N5O5S2. The average Bonchev–Trinajstić information content (AvgIpc) is 2.94. The summed E-state index contributed by atoms with van der Waals surface area (Å²) >= 11 is 0. The standard InChI is InChI=1S/C30H35N5O5.2H2S/c1-20(2)26(13-14-27(36)33-25(29(37)38)19-39-18-21-9-5-3-6-10-21)35-17-22-15-28(32-16-24(22)34-30(35)31)40-23-11-7-4-8-12-23;;/h3-12,15-16,20,25-26H,13-14,17-19H2,1-2H3,(H2,31,34)(H,33,36)(H,37,38);2*1H2/t25-,26-;;/m0../s1. The lowest BCUT2D eigenvalue weighted by Crippen LogP contribution is -2.49. The van der Waals surface area contributed by atoms with Crippen molar-refractivity contribution >= 4 is 50.5 Å². The number of ether oxygens (including phenoxy) is 2. The quantitative estimate of drug-likeness (QED) is 0.257. The first-order chi connectivity index (χ1) is 19.3. The van der Waals surface area contributed by atoms with E-state index in [1.807, 2.05) is 71.6 Å². The number of fused-ring (bicyclic) bond motifs is 1. The van der Waals surface area contributed by atoms with Crippen LogP contribution in [0.2, 0.25) is 0 Å². The van der Waals surface area contributed by atoms with Crippen LogP contribution in [-0.2, 0) is 27.5 Å². The molecule has 226 valence electrons. The van der Waals surface area contributed by atoms with E-state index in [1.54, 1.807) is 6.20 Å². The molecule has 12 heteroatoms. The number of hydrogen-bond acceptors (Lipinski definition) is 8. The van der Waals surface area contributed by atoms with E-state index >= 15 is 0 Å². The number of nitrogens with two attached hydrogens (primary N) is 1. The molecule has 3 aromatic rings. The lowest BCUT2D eigenvalue weighted by molar-refractivity contribution is -0.143. The van der Waals surface area contributed by atoms with Gasteiger partial charge in [0.05, 0.1) is 25.1 Å². The maximum atomic E-state index is 12.8. The highest BCUT2D eigenvalue weighted by atomic mass is 32.1. The van der Waals surface area contributed by atoms with E-state index < -0.39 is 12.0 Å². The number of hydrogen-bond donors (Lipinski definition) is 3. The van der Waals surface area contributed by atoms with E-state index in [1.165, 1.54) is 0 Å². The number of carbonyl (C=O) groups excluding carboxylic acids is 1. The molecule has 1 aliphatic heterocycles. The zero-order valence-corrected chi connectivity index (χ0v) is 25.7. The number of nitrogens with zero attached hydrogens (tertiary/aromatic N) is 3. The summed E-state index contributed by atoms with van der Waals surface area (Å²) in [4.78, 5) is 35.4. The van der Waals surface area contributed by atoms with Crippen LogP contribution in [0, 0.1) is 5.92 Å². The van der Waals surface area contributed by atoms with Crippen molar-refractivity contribution in [2.45, 2.75) is 51.9 Å². The van der Waals surface area contributed by atoms with Crippen molar-refractivity contribution in [3.8, 4) is 11.6 Å². The van der Waals surface area contributed by atoms with Gasteiger partial charge in [0, 0.05) is 30.6 Å². The molecule has 42 heavy (non-hydrogen) atoms.